The second kappa shape index (κ2) is 4.58. The number of halogens is 1. The van der Waals surface area contributed by atoms with E-state index in [1.807, 2.05) is 13.0 Å². The number of benzene rings is 1. The summed E-state index contributed by atoms with van der Waals surface area (Å²) in [4.78, 5) is 0. The standard InChI is InChI=1S/C11H14FN5/c1-7-3-4-9(5-10(7)12)8(2)17-11(6-13)14-15-16-17/h3-5,8H,6,13H2,1-2H3. The molecular weight excluding hydrogens is 221 g/mol. The predicted molar refractivity (Wildman–Crippen MR) is 60.7 cm³/mol. The highest BCUT2D eigenvalue weighted by Crippen LogP contribution is 2.20. The highest BCUT2D eigenvalue weighted by molar-refractivity contribution is 5.25. The first-order valence-electron chi connectivity index (χ1n) is 5.36. The van der Waals surface area contributed by atoms with Crippen LogP contribution in [0.2, 0.25) is 0 Å². The molecule has 0 bridgehead atoms. The molecule has 1 atom stereocenters. The Hall–Kier alpha value is -1.82. The first-order valence-corrected chi connectivity index (χ1v) is 5.36. The lowest BCUT2D eigenvalue weighted by molar-refractivity contribution is 0.516. The summed E-state index contributed by atoms with van der Waals surface area (Å²) in [6.45, 7) is 3.89. The number of tetrazole rings is 1. The van der Waals surface area contributed by atoms with Gasteiger partial charge in [-0.05, 0) is 41.5 Å². The SMILES string of the molecule is Cc1ccc(C(C)n2nnnc2CN)cc1F. The molecule has 0 aliphatic rings. The number of nitrogens with two attached hydrogens (primary N) is 1. The van der Waals surface area contributed by atoms with Crippen molar-refractivity contribution in [3.8, 4) is 0 Å². The number of aryl methyl sites for hydroxylation is 1. The van der Waals surface area contributed by atoms with Crippen molar-refractivity contribution in [2.75, 3.05) is 0 Å². The largest absolute Gasteiger partial charge is 0.324 e. The van der Waals surface area contributed by atoms with E-state index in [0.717, 1.165) is 5.56 Å². The third-order valence-corrected chi connectivity index (χ3v) is 2.79. The minimum absolute atomic E-state index is 0.140. The lowest BCUT2D eigenvalue weighted by Crippen LogP contribution is -2.15. The first kappa shape index (κ1) is 11.7. The minimum Gasteiger partial charge on any atom is -0.324 e. The van der Waals surface area contributed by atoms with Crippen LogP contribution >= 0.6 is 0 Å². The molecule has 0 radical (unpaired) electrons. The van der Waals surface area contributed by atoms with Gasteiger partial charge >= 0.3 is 0 Å². The second-order valence-corrected chi connectivity index (χ2v) is 3.93. The summed E-state index contributed by atoms with van der Waals surface area (Å²) in [5.41, 5.74) is 6.96. The van der Waals surface area contributed by atoms with Crippen LogP contribution in [0, 0.1) is 12.7 Å². The number of hydrogen-bond acceptors (Lipinski definition) is 4. The van der Waals surface area contributed by atoms with E-state index in [4.69, 9.17) is 5.73 Å². The monoisotopic (exact) mass is 235 g/mol. The molecule has 1 unspecified atom stereocenters. The van der Waals surface area contributed by atoms with Crippen LogP contribution in [0.4, 0.5) is 4.39 Å². The van der Waals surface area contributed by atoms with Gasteiger partial charge in [-0.1, -0.05) is 12.1 Å². The maximum Gasteiger partial charge on any atom is 0.165 e. The van der Waals surface area contributed by atoms with Crippen LogP contribution in [0.3, 0.4) is 0 Å². The Morgan fingerprint density at radius 2 is 2.24 bits per heavy atom. The van der Waals surface area contributed by atoms with Crippen molar-refractivity contribution in [1.82, 2.24) is 20.2 Å². The van der Waals surface area contributed by atoms with Crippen LogP contribution in [0.1, 0.15) is 29.9 Å². The van der Waals surface area contributed by atoms with Gasteiger partial charge in [0, 0.05) is 0 Å². The Kier molecular flexibility index (Phi) is 3.14. The Morgan fingerprint density at radius 3 is 2.88 bits per heavy atom. The van der Waals surface area contributed by atoms with Gasteiger partial charge in [-0.3, -0.25) is 0 Å². The van der Waals surface area contributed by atoms with Crippen molar-refractivity contribution in [2.45, 2.75) is 26.4 Å². The molecule has 1 aromatic heterocycles. The van der Waals surface area contributed by atoms with E-state index in [1.54, 1.807) is 17.7 Å². The second-order valence-electron chi connectivity index (χ2n) is 3.93. The fourth-order valence-electron chi connectivity index (χ4n) is 1.66. The molecule has 90 valence electrons. The van der Waals surface area contributed by atoms with E-state index in [9.17, 15) is 4.39 Å². The van der Waals surface area contributed by atoms with E-state index >= 15 is 0 Å². The molecule has 0 fully saturated rings. The Bertz CT molecular complexity index is 522. The van der Waals surface area contributed by atoms with E-state index < -0.39 is 0 Å². The van der Waals surface area contributed by atoms with Crippen LogP contribution < -0.4 is 5.73 Å². The number of rotatable bonds is 3. The van der Waals surface area contributed by atoms with Gasteiger partial charge in [0.2, 0.25) is 0 Å². The van der Waals surface area contributed by atoms with Crippen molar-refractivity contribution in [3.63, 3.8) is 0 Å². The van der Waals surface area contributed by atoms with E-state index in [2.05, 4.69) is 15.5 Å². The van der Waals surface area contributed by atoms with Gasteiger partial charge in [-0.15, -0.1) is 5.10 Å². The van der Waals surface area contributed by atoms with Gasteiger partial charge in [-0.25, -0.2) is 9.07 Å². The Morgan fingerprint density at radius 1 is 1.47 bits per heavy atom. The summed E-state index contributed by atoms with van der Waals surface area (Å²) in [6.07, 6.45) is 0. The summed E-state index contributed by atoms with van der Waals surface area (Å²) < 4.78 is 15.1. The van der Waals surface area contributed by atoms with Gasteiger partial charge in [0.05, 0.1) is 12.6 Å². The normalized spacial score (nSPS) is 12.7. The van der Waals surface area contributed by atoms with Gasteiger partial charge < -0.3 is 5.73 Å². The highest BCUT2D eigenvalue weighted by atomic mass is 19.1. The summed E-state index contributed by atoms with van der Waals surface area (Å²) in [6, 6.07) is 4.97. The van der Waals surface area contributed by atoms with Crippen molar-refractivity contribution in [2.24, 2.45) is 5.73 Å². The summed E-state index contributed by atoms with van der Waals surface area (Å²) in [5.74, 6) is 0.357. The van der Waals surface area contributed by atoms with Crippen molar-refractivity contribution in [3.05, 3.63) is 41.0 Å². The average Bonchev–Trinajstić information content (AvgIpc) is 2.80. The molecule has 0 aliphatic carbocycles. The number of hydrogen-bond donors (Lipinski definition) is 1. The zero-order valence-electron chi connectivity index (χ0n) is 9.76. The summed E-state index contributed by atoms with van der Waals surface area (Å²) in [5, 5.41) is 11.2. The zero-order valence-corrected chi connectivity index (χ0v) is 9.76. The Balaban J connectivity index is 2.36. The summed E-state index contributed by atoms with van der Waals surface area (Å²) in [7, 11) is 0. The molecular formula is C11H14FN5. The van der Waals surface area contributed by atoms with Crippen molar-refractivity contribution >= 4 is 0 Å². The van der Waals surface area contributed by atoms with E-state index in [1.165, 1.54) is 6.07 Å². The molecule has 1 aromatic carbocycles. The van der Waals surface area contributed by atoms with Crippen LogP contribution in [0.5, 0.6) is 0 Å². The molecule has 0 spiro atoms. The third-order valence-electron chi connectivity index (χ3n) is 2.79. The van der Waals surface area contributed by atoms with Crippen molar-refractivity contribution < 1.29 is 4.39 Å². The van der Waals surface area contributed by atoms with Crippen LogP contribution in [0.25, 0.3) is 0 Å². The first-order chi connectivity index (χ1) is 8.13. The quantitative estimate of drug-likeness (QED) is 0.867. The topological polar surface area (TPSA) is 69.6 Å². The molecule has 0 aliphatic heterocycles. The minimum atomic E-state index is -0.225. The van der Waals surface area contributed by atoms with E-state index in [-0.39, 0.29) is 18.4 Å². The molecule has 0 saturated carbocycles. The average molecular weight is 235 g/mol. The highest BCUT2D eigenvalue weighted by Gasteiger charge is 2.14. The molecule has 2 N–H and O–H groups in total. The van der Waals surface area contributed by atoms with Gasteiger partial charge in [0.15, 0.2) is 5.82 Å². The molecule has 0 saturated heterocycles. The van der Waals surface area contributed by atoms with Gasteiger partial charge in [-0.2, -0.15) is 0 Å². The molecule has 6 heteroatoms. The molecule has 2 aromatic rings. The molecule has 1 heterocycles. The fourth-order valence-corrected chi connectivity index (χ4v) is 1.66. The predicted octanol–water partition coefficient (Wildman–Crippen LogP) is 1.19. The van der Waals surface area contributed by atoms with Crippen LogP contribution in [0.15, 0.2) is 18.2 Å². The van der Waals surface area contributed by atoms with Crippen LogP contribution in [-0.4, -0.2) is 20.2 Å². The fraction of sp³-hybridized carbons (Fsp3) is 0.364. The molecule has 2 rings (SSSR count). The maximum absolute atomic E-state index is 13.5. The van der Waals surface area contributed by atoms with E-state index in [0.29, 0.717) is 11.4 Å². The van der Waals surface area contributed by atoms with Crippen LogP contribution in [-0.2, 0) is 6.54 Å². The van der Waals surface area contributed by atoms with Gasteiger partial charge in [0.1, 0.15) is 5.82 Å². The number of nitrogens with zero attached hydrogens (tertiary/aromatic N) is 4. The Labute approximate surface area is 98.4 Å². The maximum atomic E-state index is 13.5. The molecule has 5 nitrogen and oxygen atoms in total. The lowest BCUT2D eigenvalue weighted by Gasteiger charge is -2.13. The molecule has 17 heavy (non-hydrogen) atoms. The smallest absolute Gasteiger partial charge is 0.165 e. The lowest BCUT2D eigenvalue weighted by atomic mass is 10.1. The number of aromatic nitrogens is 4. The third kappa shape index (κ3) is 2.16. The van der Waals surface area contributed by atoms with Gasteiger partial charge in [0.25, 0.3) is 0 Å². The van der Waals surface area contributed by atoms with Crippen molar-refractivity contribution in [1.29, 1.82) is 0 Å². The summed E-state index contributed by atoms with van der Waals surface area (Å²) >= 11 is 0. The molecule has 0 amide bonds. The zero-order chi connectivity index (χ0) is 12.4.